The molecule has 0 saturated heterocycles. The summed E-state index contributed by atoms with van der Waals surface area (Å²) in [6.07, 6.45) is 3.91. The first-order valence-electron chi connectivity index (χ1n) is 15.9. The number of rotatable bonds is 2. The minimum absolute atomic E-state index is 0.0488. The first-order valence-corrected chi connectivity index (χ1v) is 15.9. The fraction of sp³-hybridized carbons (Fsp3) is 0.0682. The maximum Gasteiger partial charge on any atom is 0.143 e. The van der Waals surface area contributed by atoms with Gasteiger partial charge in [0.2, 0.25) is 0 Å². The van der Waals surface area contributed by atoms with Gasteiger partial charge in [0, 0.05) is 45.3 Å². The number of nitrogens with zero attached hydrogens (tertiary/aromatic N) is 1. The number of hydrogen-bond donors (Lipinski definition) is 0. The Morgan fingerprint density at radius 3 is 1.96 bits per heavy atom. The lowest BCUT2D eigenvalue weighted by atomic mass is 9.81. The predicted molar refractivity (Wildman–Crippen MR) is 192 cm³/mol. The number of benzene rings is 7. The molecule has 10 rings (SSSR count). The third kappa shape index (κ3) is 3.44. The molecule has 46 heavy (non-hydrogen) atoms. The van der Waals surface area contributed by atoms with Crippen molar-refractivity contribution in [2.45, 2.75) is 19.3 Å². The Balaban J connectivity index is 1.18. The van der Waals surface area contributed by atoms with Gasteiger partial charge in [-0.3, -0.25) is 4.98 Å². The van der Waals surface area contributed by atoms with Crippen LogP contribution in [-0.2, 0) is 5.41 Å². The highest BCUT2D eigenvalue weighted by Crippen LogP contribution is 2.51. The van der Waals surface area contributed by atoms with Gasteiger partial charge in [-0.05, 0) is 90.5 Å². The molecule has 2 aromatic heterocycles. The number of aromatic nitrogens is 1. The van der Waals surface area contributed by atoms with Crippen molar-refractivity contribution in [3.05, 3.63) is 151 Å². The van der Waals surface area contributed by atoms with Gasteiger partial charge < -0.3 is 4.42 Å². The minimum Gasteiger partial charge on any atom is -0.455 e. The topological polar surface area (TPSA) is 26.0 Å². The monoisotopic (exact) mass is 587 g/mol. The van der Waals surface area contributed by atoms with Gasteiger partial charge in [0.25, 0.3) is 0 Å². The second-order valence-corrected chi connectivity index (χ2v) is 13.2. The van der Waals surface area contributed by atoms with E-state index in [2.05, 4.69) is 129 Å². The maximum atomic E-state index is 6.37. The van der Waals surface area contributed by atoms with E-state index in [1.54, 1.807) is 0 Å². The summed E-state index contributed by atoms with van der Waals surface area (Å²) in [7, 11) is 0. The van der Waals surface area contributed by atoms with Crippen LogP contribution in [0.2, 0.25) is 0 Å². The highest BCUT2D eigenvalue weighted by molar-refractivity contribution is 6.26. The zero-order valence-electron chi connectivity index (χ0n) is 25.6. The van der Waals surface area contributed by atoms with Crippen LogP contribution in [0.3, 0.4) is 0 Å². The quantitative estimate of drug-likeness (QED) is 0.188. The normalized spacial score (nSPS) is 13.6. The van der Waals surface area contributed by atoms with Crippen LogP contribution in [0.5, 0.6) is 0 Å². The van der Waals surface area contributed by atoms with Crippen molar-refractivity contribution in [1.82, 2.24) is 4.98 Å². The van der Waals surface area contributed by atoms with Gasteiger partial charge in [0.15, 0.2) is 0 Å². The van der Waals surface area contributed by atoms with Crippen LogP contribution < -0.4 is 0 Å². The Hall–Kier alpha value is -5.73. The summed E-state index contributed by atoms with van der Waals surface area (Å²) >= 11 is 0. The summed E-state index contributed by atoms with van der Waals surface area (Å²) in [6.45, 7) is 4.72. The van der Waals surface area contributed by atoms with E-state index >= 15 is 0 Å². The lowest BCUT2D eigenvalue weighted by Gasteiger charge is -2.22. The Labute approximate surface area is 266 Å². The molecule has 0 saturated carbocycles. The summed E-state index contributed by atoms with van der Waals surface area (Å²) in [6, 6.07) is 46.4. The van der Waals surface area contributed by atoms with Crippen LogP contribution in [0, 0.1) is 0 Å². The van der Waals surface area contributed by atoms with Crippen molar-refractivity contribution < 1.29 is 4.42 Å². The van der Waals surface area contributed by atoms with Gasteiger partial charge >= 0.3 is 0 Å². The number of para-hydroxylation sites is 2. The molecule has 0 spiro atoms. The number of hydrogen-bond acceptors (Lipinski definition) is 2. The molecule has 0 fully saturated rings. The average Bonchev–Trinajstić information content (AvgIpc) is 3.60. The van der Waals surface area contributed by atoms with Crippen LogP contribution in [0.1, 0.15) is 25.0 Å². The van der Waals surface area contributed by atoms with Crippen LogP contribution in [0.25, 0.3) is 87.6 Å². The Morgan fingerprint density at radius 2 is 1.09 bits per heavy atom. The smallest absolute Gasteiger partial charge is 0.143 e. The SMILES string of the molecule is CC1(C)c2ccccc2-c2cc3c4ccccc4c4cc(-c5cncc(-c6cccc7c6oc6ccccc67)c5)ccc4c3cc21. The van der Waals surface area contributed by atoms with E-state index in [-0.39, 0.29) is 5.41 Å². The Kier molecular flexibility index (Phi) is 5.09. The molecule has 0 radical (unpaired) electrons. The van der Waals surface area contributed by atoms with Crippen molar-refractivity contribution in [3.8, 4) is 33.4 Å². The summed E-state index contributed by atoms with van der Waals surface area (Å²) < 4.78 is 6.37. The first-order chi connectivity index (χ1) is 22.6. The molecule has 0 N–H and O–H groups in total. The molecule has 1 aliphatic carbocycles. The zero-order chi connectivity index (χ0) is 30.6. The van der Waals surface area contributed by atoms with Crippen molar-refractivity contribution >= 4 is 54.3 Å². The summed E-state index contributed by atoms with van der Waals surface area (Å²) in [5, 5.41) is 9.98. The highest BCUT2D eigenvalue weighted by atomic mass is 16.3. The number of furan rings is 1. The molecule has 0 atom stereocenters. The van der Waals surface area contributed by atoms with Gasteiger partial charge in [-0.15, -0.1) is 0 Å². The molecule has 2 heteroatoms. The van der Waals surface area contributed by atoms with Gasteiger partial charge in [0.1, 0.15) is 11.2 Å². The predicted octanol–water partition coefficient (Wildman–Crippen LogP) is 12.1. The molecule has 0 amide bonds. The molecular formula is C44H29NO. The first kappa shape index (κ1) is 25.6. The summed E-state index contributed by atoms with van der Waals surface area (Å²) in [5.41, 5.74) is 11.6. The highest BCUT2D eigenvalue weighted by Gasteiger charge is 2.35. The maximum absolute atomic E-state index is 6.37. The minimum atomic E-state index is -0.0488. The van der Waals surface area contributed by atoms with Gasteiger partial charge in [0.05, 0.1) is 0 Å². The van der Waals surface area contributed by atoms with Crippen LogP contribution in [0.15, 0.2) is 144 Å². The zero-order valence-corrected chi connectivity index (χ0v) is 25.6. The molecule has 2 nitrogen and oxygen atoms in total. The van der Waals surface area contributed by atoms with Crippen molar-refractivity contribution in [2.75, 3.05) is 0 Å². The second kappa shape index (κ2) is 9.15. The Morgan fingerprint density at radius 1 is 0.435 bits per heavy atom. The van der Waals surface area contributed by atoms with Crippen molar-refractivity contribution in [2.24, 2.45) is 0 Å². The average molecular weight is 588 g/mol. The lowest BCUT2D eigenvalue weighted by molar-refractivity contribution is 0.661. The lowest BCUT2D eigenvalue weighted by Crippen LogP contribution is -2.14. The molecular weight excluding hydrogens is 558 g/mol. The summed E-state index contributed by atoms with van der Waals surface area (Å²) in [4.78, 5) is 4.72. The van der Waals surface area contributed by atoms with E-state index in [1.807, 2.05) is 24.5 Å². The van der Waals surface area contributed by atoms with E-state index in [1.165, 1.54) is 54.6 Å². The molecule has 216 valence electrons. The largest absolute Gasteiger partial charge is 0.455 e. The van der Waals surface area contributed by atoms with Crippen molar-refractivity contribution in [1.29, 1.82) is 0 Å². The van der Waals surface area contributed by atoms with E-state index in [0.717, 1.165) is 44.2 Å². The molecule has 0 unspecified atom stereocenters. The molecule has 7 aromatic carbocycles. The fourth-order valence-corrected chi connectivity index (χ4v) is 8.05. The van der Waals surface area contributed by atoms with Gasteiger partial charge in [-0.1, -0.05) is 111 Å². The molecule has 0 aliphatic heterocycles. The third-order valence-electron chi connectivity index (χ3n) is 10.3. The second-order valence-electron chi connectivity index (χ2n) is 13.2. The number of fused-ring (bicyclic) bond motifs is 12. The van der Waals surface area contributed by atoms with Crippen LogP contribution in [-0.4, -0.2) is 4.98 Å². The fourth-order valence-electron chi connectivity index (χ4n) is 8.05. The van der Waals surface area contributed by atoms with Gasteiger partial charge in [-0.2, -0.15) is 0 Å². The van der Waals surface area contributed by atoms with Crippen LogP contribution in [0.4, 0.5) is 0 Å². The molecule has 2 heterocycles. The molecule has 1 aliphatic rings. The van der Waals surface area contributed by atoms with E-state index in [9.17, 15) is 0 Å². The van der Waals surface area contributed by atoms with E-state index < -0.39 is 0 Å². The Bertz CT molecular complexity index is 2730. The third-order valence-corrected chi connectivity index (χ3v) is 10.3. The molecule has 9 aromatic rings. The van der Waals surface area contributed by atoms with Crippen molar-refractivity contribution in [3.63, 3.8) is 0 Å². The van der Waals surface area contributed by atoms with Gasteiger partial charge in [-0.25, -0.2) is 0 Å². The standard InChI is InChI=1S/C44H29NO/c1-44(2)40-16-7-5-12-33(40)39-22-37-31-11-4-3-10-30(31)36-21-26(18-19-32(36)38(37)23-41(39)44)27-20-28(25-45-24-27)29-14-9-15-35-34-13-6-8-17-42(34)46-43(29)35/h3-25H,1-2H3. The van der Waals surface area contributed by atoms with E-state index in [0.29, 0.717) is 0 Å². The van der Waals surface area contributed by atoms with Crippen LogP contribution >= 0.6 is 0 Å². The summed E-state index contributed by atoms with van der Waals surface area (Å²) in [5.74, 6) is 0. The molecule has 0 bridgehead atoms. The number of pyridine rings is 1. The van der Waals surface area contributed by atoms with E-state index in [4.69, 9.17) is 9.40 Å².